The molecular formula is C18H18N2O5S. The molecule has 136 valence electrons. The van der Waals surface area contributed by atoms with Gasteiger partial charge >= 0.3 is 5.97 Å². The first-order valence-electron chi connectivity index (χ1n) is 8.13. The number of hydrogen-bond acceptors (Lipinski definition) is 5. The summed E-state index contributed by atoms with van der Waals surface area (Å²) < 4.78 is 5.39. The zero-order valence-electron chi connectivity index (χ0n) is 13.9. The van der Waals surface area contributed by atoms with Crippen LogP contribution in [-0.2, 0) is 22.6 Å². The number of carbonyl (C=O) groups excluding carboxylic acids is 2. The molecule has 0 aliphatic carbocycles. The predicted molar refractivity (Wildman–Crippen MR) is 96.7 cm³/mol. The van der Waals surface area contributed by atoms with Crippen molar-refractivity contribution in [1.82, 2.24) is 5.32 Å². The standard InChI is InChI=1S/C18H18N2O5S/c21-16(22)5-7-19-17(23)11-1-3-13(4-2-11)20-18(24)15-9-12-10-25-8-6-14(12)26-15/h1-4,9H,5-8,10H2,(H,19,23)(H,20,24)(H,21,22). The van der Waals surface area contributed by atoms with E-state index in [2.05, 4.69) is 10.6 Å². The van der Waals surface area contributed by atoms with Crippen LogP contribution >= 0.6 is 11.3 Å². The Morgan fingerprint density at radius 1 is 1.15 bits per heavy atom. The van der Waals surface area contributed by atoms with Crippen molar-refractivity contribution < 1.29 is 24.2 Å². The van der Waals surface area contributed by atoms with Gasteiger partial charge in [0.25, 0.3) is 11.8 Å². The lowest BCUT2D eigenvalue weighted by molar-refractivity contribution is -0.136. The van der Waals surface area contributed by atoms with Crippen LogP contribution in [0.2, 0.25) is 0 Å². The summed E-state index contributed by atoms with van der Waals surface area (Å²) in [6.45, 7) is 1.30. The largest absolute Gasteiger partial charge is 0.481 e. The van der Waals surface area contributed by atoms with E-state index in [1.54, 1.807) is 24.3 Å². The number of thiophene rings is 1. The van der Waals surface area contributed by atoms with Crippen LogP contribution in [0.4, 0.5) is 5.69 Å². The van der Waals surface area contributed by atoms with Gasteiger partial charge in [-0.3, -0.25) is 14.4 Å². The Hall–Kier alpha value is -2.71. The molecule has 0 saturated heterocycles. The van der Waals surface area contributed by atoms with Crippen LogP contribution in [0.25, 0.3) is 0 Å². The van der Waals surface area contributed by atoms with Gasteiger partial charge in [-0.25, -0.2) is 0 Å². The zero-order valence-corrected chi connectivity index (χ0v) is 14.7. The molecule has 2 heterocycles. The van der Waals surface area contributed by atoms with Crippen molar-refractivity contribution in [2.24, 2.45) is 0 Å². The van der Waals surface area contributed by atoms with Crippen LogP contribution in [0.1, 0.15) is 36.9 Å². The van der Waals surface area contributed by atoms with E-state index in [-0.39, 0.29) is 24.8 Å². The molecule has 1 aliphatic heterocycles. The molecule has 3 rings (SSSR count). The van der Waals surface area contributed by atoms with E-state index in [1.807, 2.05) is 6.07 Å². The maximum Gasteiger partial charge on any atom is 0.305 e. The Bertz CT molecular complexity index is 805. The predicted octanol–water partition coefficient (Wildman–Crippen LogP) is 2.28. The lowest BCUT2D eigenvalue weighted by Crippen LogP contribution is -2.25. The van der Waals surface area contributed by atoms with Gasteiger partial charge in [0.15, 0.2) is 0 Å². The van der Waals surface area contributed by atoms with Crippen LogP contribution in [-0.4, -0.2) is 36.0 Å². The monoisotopic (exact) mass is 374 g/mol. The highest BCUT2D eigenvalue weighted by Crippen LogP contribution is 2.27. The number of amides is 2. The second-order valence-electron chi connectivity index (χ2n) is 5.79. The number of hydrogen-bond donors (Lipinski definition) is 3. The third kappa shape index (κ3) is 4.47. The highest BCUT2D eigenvalue weighted by molar-refractivity contribution is 7.14. The maximum atomic E-state index is 12.4. The second kappa shape index (κ2) is 8.11. The minimum atomic E-state index is -0.967. The number of nitrogens with one attached hydrogen (secondary N) is 2. The highest BCUT2D eigenvalue weighted by atomic mass is 32.1. The number of benzene rings is 1. The van der Waals surface area contributed by atoms with E-state index in [0.717, 1.165) is 12.0 Å². The average molecular weight is 374 g/mol. The third-order valence-corrected chi connectivity index (χ3v) is 5.12. The fraction of sp³-hybridized carbons (Fsp3) is 0.278. The summed E-state index contributed by atoms with van der Waals surface area (Å²) in [7, 11) is 0. The van der Waals surface area contributed by atoms with Gasteiger partial charge in [0.1, 0.15) is 0 Å². The Morgan fingerprint density at radius 2 is 1.92 bits per heavy atom. The van der Waals surface area contributed by atoms with E-state index in [1.165, 1.54) is 16.2 Å². The molecule has 7 nitrogen and oxygen atoms in total. The van der Waals surface area contributed by atoms with Crippen molar-refractivity contribution in [2.45, 2.75) is 19.4 Å². The molecule has 0 unspecified atom stereocenters. The zero-order chi connectivity index (χ0) is 18.5. The Kier molecular flexibility index (Phi) is 5.65. The number of carbonyl (C=O) groups is 3. The summed E-state index contributed by atoms with van der Waals surface area (Å²) in [4.78, 5) is 36.5. The Labute approximate surface area is 154 Å². The van der Waals surface area contributed by atoms with Gasteiger partial charge in [0, 0.05) is 29.1 Å². The lowest BCUT2D eigenvalue weighted by Gasteiger charge is -2.10. The molecular weight excluding hydrogens is 356 g/mol. The SMILES string of the molecule is O=C(O)CCNC(=O)c1ccc(NC(=O)c2cc3c(s2)CCOC3)cc1. The van der Waals surface area contributed by atoms with Gasteiger partial charge in [0.05, 0.1) is 24.5 Å². The van der Waals surface area contributed by atoms with Crippen LogP contribution in [0.5, 0.6) is 0 Å². The summed E-state index contributed by atoms with van der Waals surface area (Å²) in [6.07, 6.45) is 0.703. The van der Waals surface area contributed by atoms with E-state index in [9.17, 15) is 14.4 Å². The molecule has 0 fully saturated rings. The third-order valence-electron chi connectivity index (χ3n) is 3.88. The Morgan fingerprint density at radius 3 is 2.62 bits per heavy atom. The summed E-state index contributed by atoms with van der Waals surface area (Å²) in [5, 5.41) is 13.9. The first-order chi connectivity index (χ1) is 12.5. The molecule has 0 bridgehead atoms. The number of carboxylic acid groups (broad SMARTS) is 1. The van der Waals surface area contributed by atoms with Crippen LogP contribution < -0.4 is 10.6 Å². The first kappa shape index (κ1) is 18.1. The number of rotatable bonds is 6. The summed E-state index contributed by atoms with van der Waals surface area (Å²) in [6, 6.07) is 8.30. The first-order valence-corrected chi connectivity index (χ1v) is 8.95. The molecule has 1 aromatic carbocycles. The highest BCUT2D eigenvalue weighted by Gasteiger charge is 2.17. The van der Waals surface area contributed by atoms with Gasteiger partial charge < -0.3 is 20.5 Å². The molecule has 0 radical (unpaired) electrons. The quantitative estimate of drug-likeness (QED) is 0.719. The van der Waals surface area contributed by atoms with Crippen LogP contribution in [0, 0.1) is 0 Å². The summed E-state index contributed by atoms with van der Waals surface area (Å²) >= 11 is 1.48. The molecule has 0 spiro atoms. The second-order valence-corrected chi connectivity index (χ2v) is 6.93. The minimum Gasteiger partial charge on any atom is -0.481 e. The summed E-state index contributed by atoms with van der Waals surface area (Å²) in [5.74, 6) is -1.51. The van der Waals surface area contributed by atoms with Gasteiger partial charge in [-0.2, -0.15) is 0 Å². The molecule has 1 aromatic heterocycles. The topological polar surface area (TPSA) is 105 Å². The van der Waals surface area contributed by atoms with Crippen LogP contribution in [0.15, 0.2) is 30.3 Å². The molecule has 2 amide bonds. The number of ether oxygens (including phenoxy) is 1. The average Bonchev–Trinajstić information content (AvgIpc) is 3.06. The minimum absolute atomic E-state index is 0.0689. The number of fused-ring (bicyclic) bond motifs is 1. The van der Waals surface area contributed by atoms with E-state index >= 15 is 0 Å². The van der Waals surface area contributed by atoms with Gasteiger partial charge in [0.2, 0.25) is 0 Å². The molecule has 2 aromatic rings. The molecule has 26 heavy (non-hydrogen) atoms. The van der Waals surface area contributed by atoms with Crippen molar-refractivity contribution in [3.63, 3.8) is 0 Å². The molecule has 0 saturated carbocycles. The van der Waals surface area contributed by atoms with E-state index in [4.69, 9.17) is 9.84 Å². The molecule has 8 heteroatoms. The number of carboxylic acids is 1. The van der Waals surface area contributed by atoms with Gasteiger partial charge in [-0.15, -0.1) is 11.3 Å². The number of aliphatic carboxylic acids is 1. The normalized spacial score (nSPS) is 12.9. The Balaban J connectivity index is 1.58. The van der Waals surface area contributed by atoms with Crippen molar-refractivity contribution >= 4 is 34.8 Å². The van der Waals surface area contributed by atoms with Crippen LogP contribution in [0.3, 0.4) is 0 Å². The van der Waals surface area contributed by atoms with Gasteiger partial charge in [-0.05, 0) is 35.9 Å². The van der Waals surface area contributed by atoms with Gasteiger partial charge in [-0.1, -0.05) is 0 Å². The molecule has 3 N–H and O–H groups in total. The van der Waals surface area contributed by atoms with Crippen molar-refractivity contribution in [1.29, 1.82) is 0 Å². The van der Waals surface area contributed by atoms with Crippen molar-refractivity contribution in [3.8, 4) is 0 Å². The van der Waals surface area contributed by atoms with E-state index in [0.29, 0.717) is 29.3 Å². The number of anilines is 1. The van der Waals surface area contributed by atoms with Crippen molar-refractivity contribution in [3.05, 3.63) is 51.2 Å². The fourth-order valence-corrected chi connectivity index (χ4v) is 3.59. The summed E-state index contributed by atoms with van der Waals surface area (Å²) in [5.41, 5.74) is 2.05. The van der Waals surface area contributed by atoms with E-state index < -0.39 is 5.97 Å². The smallest absolute Gasteiger partial charge is 0.305 e. The fourth-order valence-electron chi connectivity index (χ4n) is 2.54. The lowest BCUT2D eigenvalue weighted by atomic mass is 10.1. The maximum absolute atomic E-state index is 12.4. The van der Waals surface area contributed by atoms with Crippen molar-refractivity contribution in [2.75, 3.05) is 18.5 Å². The molecule has 0 atom stereocenters. The molecule has 1 aliphatic rings.